The number of nitrogens with zero attached hydrogens (tertiary/aromatic N) is 2. The summed E-state index contributed by atoms with van der Waals surface area (Å²) in [4.78, 5) is 6.92. The number of aromatic nitrogens is 1. The van der Waals surface area contributed by atoms with Crippen molar-refractivity contribution in [3.63, 3.8) is 0 Å². The molecule has 2 fully saturated rings. The second-order valence-corrected chi connectivity index (χ2v) is 5.63. The molecule has 1 saturated heterocycles. The second kappa shape index (κ2) is 5.55. The van der Waals surface area contributed by atoms with Crippen LogP contribution in [-0.4, -0.2) is 35.2 Å². The van der Waals surface area contributed by atoms with Gasteiger partial charge < -0.3 is 4.74 Å². The lowest BCUT2D eigenvalue weighted by Gasteiger charge is -2.43. The minimum atomic E-state index is 0.437. The van der Waals surface area contributed by atoms with Crippen LogP contribution in [0.25, 0.3) is 0 Å². The molecule has 1 aliphatic heterocycles. The summed E-state index contributed by atoms with van der Waals surface area (Å²) < 4.78 is 5.89. The van der Waals surface area contributed by atoms with Gasteiger partial charge in [-0.2, -0.15) is 0 Å². The Bertz CT molecular complexity index is 411. The Kier molecular flexibility index (Phi) is 3.83. The fraction of sp³-hybridized carbons (Fsp3) is 0.643. The molecule has 2 unspecified atom stereocenters. The summed E-state index contributed by atoms with van der Waals surface area (Å²) in [7, 11) is 0. The minimum absolute atomic E-state index is 0.437. The fourth-order valence-corrected chi connectivity index (χ4v) is 3.30. The predicted octanol–water partition coefficient (Wildman–Crippen LogP) is 2.88. The third kappa shape index (κ3) is 2.68. The van der Waals surface area contributed by atoms with E-state index >= 15 is 0 Å². The van der Waals surface area contributed by atoms with Crippen LogP contribution in [0, 0.1) is 0 Å². The maximum Gasteiger partial charge on any atom is 0.0731 e. The summed E-state index contributed by atoms with van der Waals surface area (Å²) in [6, 6.07) is 4.37. The van der Waals surface area contributed by atoms with Crippen LogP contribution in [0.5, 0.6) is 0 Å². The van der Waals surface area contributed by atoms with Gasteiger partial charge in [0.25, 0.3) is 0 Å². The van der Waals surface area contributed by atoms with Gasteiger partial charge in [0.1, 0.15) is 0 Å². The summed E-state index contributed by atoms with van der Waals surface area (Å²) in [5, 5.41) is 0.772. The Hall–Kier alpha value is -0.640. The lowest BCUT2D eigenvalue weighted by atomic mass is 9.90. The van der Waals surface area contributed by atoms with Gasteiger partial charge in [-0.05, 0) is 25.0 Å². The highest BCUT2D eigenvalue weighted by Crippen LogP contribution is 2.29. The summed E-state index contributed by atoms with van der Waals surface area (Å²) in [6.45, 7) is 2.75. The molecule has 1 aliphatic carbocycles. The third-order valence-electron chi connectivity index (χ3n) is 3.99. The highest BCUT2D eigenvalue weighted by atomic mass is 35.5. The highest BCUT2D eigenvalue weighted by molar-refractivity contribution is 6.30. The van der Waals surface area contributed by atoms with Crippen LogP contribution in [0.1, 0.15) is 31.4 Å². The van der Waals surface area contributed by atoms with E-state index in [-0.39, 0.29) is 0 Å². The van der Waals surface area contributed by atoms with Crippen molar-refractivity contribution >= 4 is 11.6 Å². The second-order valence-electron chi connectivity index (χ2n) is 5.20. The first kappa shape index (κ1) is 12.4. The Morgan fingerprint density at radius 1 is 1.39 bits per heavy atom. The van der Waals surface area contributed by atoms with Crippen LogP contribution in [-0.2, 0) is 11.3 Å². The van der Waals surface area contributed by atoms with Crippen LogP contribution >= 0.6 is 11.6 Å². The zero-order chi connectivity index (χ0) is 12.4. The van der Waals surface area contributed by atoms with Gasteiger partial charge in [0.2, 0.25) is 0 Å². The van der Waals surface area contributed by atoms with Crippen LogP contribution in [0.15, 0.2) is 18.3 Å². The Balaban J connectivity index is 1.71. The van der Waals surface area contributed by atoms with Crippen molar-refractivity contribution < 1.29 is 4.74 Å². The summed E-state index contributed by atoms with van der Waals surface area (Å²) >= 11 is 6.02. The molecule has 0 amide bonds. The van der Waals surface area contributed by atoms with Crippen molar-refractivity contribution in [2.24, 2.45) is 0 Å². The Labute approximate surface area is 113 Å². The molecule has 0 spiro atoms. The van der Waals surface area contributed by atoms with Gasteiger partial charge in [0.15, 0.2) is 0 Å². The topological polar surface area (TPSA) is 25.4 Å². The molecule has 0 bridgehead atoms. The number of halogens is 1. The Morgan fingerprint density at radius 3 is 3.17 bits per heavy atom. The van der Waals surface area contributed by atoms with Crippen molar-refractivity contribution in [3.8, 4) is 0 Å². The van der Waals surface area contributed by atoms with E-state index in [9.17, 15) is 0 Å². The molecule has 0 N–H and O–H groups in total. The number of pyridine rings is 1. The van der Waals surface area contributed by atoms with Crippen LogP contribution in [0.2, 0.25) is 5.02 Å². The van der Waals surface area contributed by atoms with Crippen molar-refractivity contribution in [1.29, 1.82) is 0 Å². The lowest BCUT2D eigenvalue weighted by Crippen LogP contribution is -2.52. The first-order chi connectivity index (χ1) is 8.83. The van der Waals surface area contributed by atoms with E-state index in [4.69, 9.17) is 16.3 Å². The zero-order valence-corrected chi connectivity index (χ0v) is 11.3. The number of hydrogen-bond acceptors (Lipinski definition) is 3. The molecule has 3 rings (SSSR count). The summed E-state index contributed by atoms with van der Waals surface area (Å²) in [5.74, 6) is 0. The molecule has 2 aliphatic rings. The average molecular weight is 267 g/mol. The van der Waals surface area contributed by atoms with Crippen molar-refractivity contribution in [3.05, 3.63) is 29.0 Å². The lowest BCUT2D eigenvalue weighted by molar-refractivity contribution is -0.0914. The normalized spacial score (nSPS) is 28.9. The zero-order valence-electron chi connectivity index (χ0n) is 10.5. The van der Waals surface area contributed by atoms with E-state index < -0.39 is 0 Å². The van der Waals surface area contributed by atoms with Gasteiger partial charge in [0, 0.05) is 30.4 Å². The maximum atomic E-state index is 6.02. The minimum Gasteiger partial charge on any atom is -0.375 e. The molecule has 1 aromatic heterocycles. The van der Waals surface area contributed by atoms with Gasteiger partial charge in [-0.15, -0.1) is 0 Å². The molecule has 1 saturated carbocycles. The van der Waals surface area contributed by atoms with Gasteiger partial charge in [-0.1, -0.05) is 24.4 Å². The van der Waals surface area contributed by atoms with Gasteiger partial charge in [-0.3, -0.25) is 9.88 Å². The van der Waals surface area contributed by atoms with Crippen LogP contribution in [0.4, 0.5) is 0 Å². The standard InChI is InChI=1S/C14H19ClN2O/c15-11-5-6-16-12(9-11)10-17-7-8-18-14-4-2-1-3-13(14)17/h5-6,9,13-14H,1-4,7-8,10H2. The SMILES string of the molecule is Clc1ccnc(CN2CCOC3CCCCC32)c1. The first-order valence-electron chi connectivity index (χ1n) is 6.79. The van der Waals surface area contributed by atoms with E-state index in [0.29, 0.717) is 12.1 Å². The van der Waals surface area contributed by atoms with E-state index in [2.05, 4.69) is 9.88 Å². The van der Waals surface area contributed by atoms with Crippen LogP contribution in [0.3, 0.4) is 0 Å². The molecular formula is C14H19ClN2O. The number of ether oxygens (including phenoxy) is 1. The molecule has 3 nitrogen and oxygen atoms in total. The Morgan fingerprint density at radius 2 is 2.28 bits per heavy atom. The third-order valence-corrected chi connectivity index (χ3v) is 4.23. The molecule has 2 heterocycles. The maximum absolute atomic E-state index is 6.02. The van der Waals surface area contributed by atoms with Crippen LogP contribution < -0.4 is 0 Å². The average Bonchev–Trinajstić information content (AvgIpc) is 2.39. The van der Waals surface area contributed by atoms with Crippen molar-refractivity contribution in [1.82, 2.24) is 9.88 Å². The number of morpholine rings is 1. The number of fused-ring (bicyclic) bond motifs is 1. The summed E-state index contributed by atoms with van der Waals surface area (Å²) in [6.07, 6.45) is 7.33. The summed E-state index contributed by atoms with van der Waals surface area (Å²) in [5.41, 5.74) is 1.06. The monoisotopic (exact) mass is 266 g/mol. The van der Waals surface area contributed by atoms with E-state index in [1.165, 1.54) is 25.7 Å². The molecular weight excluding hydrogens is 248 g/mol. The van der Waals surface area contributed by atoms with E-state index in [1.54, 1.807) is 6.20 Å². The van der Waals surface area contributed by atoms with Crippen molar-refractivity contribution in [2.75, 3.05) is 13.2 Å². The molecule has 4 heteroatoms. The quantitative estimate of drug-likeness (QED) is 0.823. The van der Waals surface area contributed by atoms with Crippen molar-refractivity contribution in [2.45, 2.75) is 44.4 Å². The van der Waals surface area contributed by atoms with E-state index in [0.717, 1.165) is 30.4 Å². The number of rotatable bonds is 2. The predicted molar refractivity (Wildman–Crippen MR) is 71.7 cm³/mol. The highest BCUT2D eigenvalue weighted by Gasteiger charge is 2.34. The number of hydrogen-bond donors (Lipinski definition) is 0. The molecule has 98 valence electrons. The molecule has 2 atom stereocenters. The van der Waals surface area contributed by atoms with E-state index in [1.807, 2.05) is 12.1 Å². The molecule has 0 radical (unpaired) electrons. The largest absolute Gasteiger partial charge is 0.375 e. The molecule has 18 heavy (non-hydrogen) atoms. The first-order valence-corrected chi connectivity index (χ1v) is 7.17. The smallest absolute Gasteiger partial charge is 0.0731 e. The fourth-order valence-electron chi connectivity index (χ4n) is 3.12. The molecule has 0 aromatic carbocycles. The molecule has 1 aromatic rings. The van der Waals surface area contributed by atoms with Gasteiger partial charge in [0.05, 0.1) is 18.4 Å². The van der Waals surface area contributed by atoms with Gasteiger partial charge >= 0.3 is 0 Å². The van der Waals surface area contributed by atoms with Gasteiger partial charge in [-0.25, -0.2) is 0 Å².